The molecule has 1 fully saturated rings. The lowest BCUT2D eigenvalue weighted by molar-refractivity contribution is -0.127. The molecule has 0 amide bonds. The first-order valence-corrected chi connectivity index (χ1v) is 6.90. The number of Topliss-reactive ketones (excluding diaryl/α,β-unsaturated/α-hetero) is 1. The summed E-state index contributed by atoms with van der Waals surface area (Å²) < 4.78 is 6.52. The number of ketones is 1. The monoisotopic (exact) mass is 296 g/mol. The molecule has 0 aromatic heterocycles. The van der Waals surface area contributed by atoms with Crippen LogP contribution in [0.2, 0.25) is 0 Å². The number of hydrogen-bond acceptors (Lipinski definition) is 2. The van der Waals surface area contributed by atoms with Crippen LogP contribution in [0.5, 0.6) is 0 Å². The van der Waals surface area contributed by atoms with E-state index in [1.165, 1.54) is 12.8 Å². The van der Waals surface area contributed by atoms with Gasteiger partial charge >= 0.3 is 0 Å². The Morgan fingerprint density at radius 1 is 1.35 bits per heavy atom. The van der Waals surface area contributed by atoms with Crippen molar-refractivity contribution in [2.45, 2.75) is 32.3 Å². The van der Waals surface area contributed by atoms with Crippen LogP contribution in [-0.4, -0.2) is 12.4 Å². The highest BCUT2D eigenvalue weighted by molar-refractivity contribution is 9.10. The molecule has 17 heavy (non-hydrogen) atoms. The summed E-state index contributed by atoms with van der Waals surface area (Å²) >= 11 is 3.41. The Morgan fingerprint density at radius 3 is 2.82 bits per heavy atom. The van der Waals surface area contributed by atoms with Gasteiger partial charge in [0, 0.05) is 10.4 Å². The number of carbonyl (C=O) groups is 1. The van der Waals surface area contributed by atoms with E-state index in [-0.39, 0.29) is 18.3 Å². The van der Waals surface area contributed by atoms with Crippen LogP contribution in [-0.2, 0) is 16.1 Å². The summed E-state index contributed by atoms with van der Waals surface area (Å²) in [5.41, 5.74) is 1.10. The van der Waals surface area contributed by atoms with Gasteiger partial charge in [-0.2, -0.15) is 0 Å². The first-order chi connectivity index (χ1) is 8.25. The van der Waals surface area contributed by atoms with Crippen molar-refractivity contribution in [1.29, 1.82) is 0 Å². The second kappa shape index (κ2) is 6.31. The molecule has 0 saturated heterocycles. The second-order valence-electron chi connectivity index (χ2n) is 4.57. The summed E-state index contributed by atoms with van der Waals surface area (Å²) in [5, 5.41) is 0. The van der Waals surface area contributed by atoms with Crippen molar-refractivity contribution in [2.24, 2.45) is 5.92 Å². The summed E-state index contributed by atoms with van der Waals surface area (Å²) in [4.78, 5) is 11.8. The van der Waals surface area contributed by atoms with Crippen LogP contribution in [0.25, 0.3) is 0 Å². The lowest BCUT2D eigenvalue weighted by atomic mass is 10.0. The highest BCUT2D eigenvalue weighted by Crippen LogP contribution is 2.25. The number of rotatable bonds is 5. The fourth-order valence-electron chi connectivity index (χ4n) is 2.26. The average Bonchev–Trinajstić information content (AvgIpc) is 2.82. The maximum atomic E-state index is 11.8. The van der Waals surface area contributed by atoms with Crippen LogP contribution in [0, 0.1) is 5.92 Å². The van der Waals surface area contributed by atoms with Gasteiger partial charge in [-0.15, -0.1) is 0 Å². The van der Waals surface area contributed by atoms with E-state index in [4.69, 9.17) is 4.74 Å². The Hall–Kier alpha value is -0.670. The maximum absolute atomic E-state index is 11.8. The van der Waals surface area contributed by atoms with Crippen LogP contribution in [0.3, 0.4) is 0 Å². The van der Waals surface area contributed by atoms with Gasteiger partial charge < -0.3 is 4.74 Å². The Bertz CT molecular complexity index is 384. The summed E-state index contributed by atoms with van der Waals surface area (Å²) in [6.45, 7) is 0.773. The molecule has 1 aliphatic carbocycles. The second-order valence-corrected chi connectivity index (χ2v) is 5.49. The SMILES string of the molecule is O=C(COCc1cccc(Br)c1)C1CCCC1. The number of carbonyl (C=O) groups excluding carboxylic acids is 1. The Kier molecular flexibility index (Phi) is 4.75. The third kappa shape index (κ3) is 3.93. The zero-order valence-electron chi connectivity index (χ0n) is 9.82. The third-order valence-corrected chi connectivity index (χ3v) is 3.71. The van der Waals surface area contributed by atoms with Crippen LogP contribution in [0.15, 0.2) is 28.7 Å². The lowest BCUT2D eigenvalue weighted by Gasteiger charge is -2.08. The molecule has 0 N–H and O–H groups in total. The van der Waals surface area contributed by atoms with Gasteiger partial charge in [-0.25, -0.2) is 0 Å². The third-order valence-electron chi connectivity index (χ3n) is 3.21. The molecule has 1 aromatic rings. The van der Waals surface area contributed by atoms with Gasteiger partial charge in [0.1, 0.15) is 6.61 Å². The smallest absolute Gasteiger partial charge is 0.161 e. The van der Waals surface area contributed by atoms with E-state index in [2.05, 4.69) is 15.9 Å². The zero-order valence-corrected chi connectivity index (χ0v) is 11.4. The van der Waals surface area contributed by atoms with E-state index in [0.717, 1.165) is 22.9 Å². The fourth-order valence-corrected chi connectivity index (χ4v) is 2.71. The molecule has 0 radical (unpaired) electrons. The van der Waals surface area contributed by atoms with Gasteiger partial charge in [-0.3, -0.25) is 4.79 Å². The van der Waals surface area contributed by atoms with Crippen LogP contribution in [0.4, 0.5) is 0 Å². The number of ether oxygens (including phenoxy) is 1. The first-order valence-electron chi connectivity index (χ1n) is 6.10. The minimum atomic E-state index is 0.261. The number of benzene rings is 1. The molecule has 1 aromatic carbocycles. The number of hydrogen-bond donors (Lipinski definition) is 0. The Balaban J connectivity index is 1.73. The molecular weight excluding hydrogens is 280 g/mol. The molecular formula is C14H17BrO2. The van der Waals surface area contributed by atoms with Crippen LogP contribution in [0.1, 0.15) is 31.2 Å². The lowest BCUT2D eigenvalue weighted by Crippen LogP contribution is -2.17. The van der Waals surface area contributed by atoms with E-state index < -0.39 is 0 Å². The Labute approximate surface area is 110 Å². The summed E-state index contributed by atoms with van der Waals surface area (Å²) in [6, 6.07) is 7.97. The van der Waals surface area contributed by atoms with Crippen LogP contribution >= 0.6 is 15.9 Å². The molecule has 2 nitrogen and oxygen atoms in total. The van der Waals surface area contributed by atoms with E-state index in [1.54, 1.807) is 0 Å². The van der Waals surface area contributed by atoms with E-state index in [1.807, 2.05) is 24.3 Å². The largest absolute Gasteiger partial charge is 0.369 e. The number of halogens is 1. The molecule has 3 heteroatoms. The van der Waals surface area contributed by atoms with E-state index >= 15 is 0 Å². The van der Waals surface area contributed by atoms with Gasteiger partial charge in [-0.1, -0.05) is 40.9 Å². The van der Waals surface area contributed by atoms with E-state index in [9.17, 15) is 4.79 Å². The van der Waals surface area contributed by atoms with Crippen molar-refractivity contribution in [1.82, 2.24) is 0 Å². The van der Waals surface area contributed by atoms with Crippen molar-refractivity contribution < 1.29 is 9.53 Å². The predicted molar refractivity (Wildman–Crippen MR) is 70.8 cm³/mol. The summed E-state index contributed by atoms with van der Waals surface area (Å²) in [5.74, 6) is 0.537. The maximum Gasteiger partial charge on any atom is 0.161 e. The van der Waals surface area contributed by atoms with E-state index in [0.29, 0.717) is 6.61 Å². The summed E-state index contributed by atoms with van der Waals surface area (Å²) in [6.07, 6.45) is 4.50. The molecule has 0 aliphatic heterocycles. The predicted octanol–water partition coefficient (Wildman–Crippen LogP) is 3.73. The molecule has 0 bridgehead atoms. The first kappa shape index (κ1) is 12.8. The Morgan fingerprint density at radius 2 is 2.12 bits per heavy atom. The molecule has 1 aliphatic rings. The van der Waals surface area contributed by atoms with Gasteiger partial charge in [-0.05, 0) is 30.5 Å². The quantitative estimate of drug-likeness (QED) is 0.828. The highest BCUT2D eigenvalue weighted by Gasteiger charge is 2.22. The molecule has 92 valence electrons. The van der Waals surface area contributed by atoms with Crippen molar-refractivity contribution in [2.75, 3.05) is 6.61 Å². The van der Waals surface area contributed by atoms with Crippen LogP contribution < -0.4 is 0 Å². The summed E-state index contributed by atoms with van der Waals surface area (Å²) in [7, 11) is 0. The van der Waals surface area contributed by atoms with Crippen molar-refractivity contribution in [3.05, 3.63) is 34.3 Å². The standard InChI is InChI=1S/C14H17BrO2/c15-13-7-3-4-11(8-13)9-17-10-14(16)12-5-1-2-6-12/h3-4,7-8,12H,1-2,5-6,9-10H2. The minimum absolute atomic E-state index is 0.261. The van der Waals surface area contributed by atoms with Gasteiger partial charge in [0.15, 0.2) is 5.78 Å². The molecule has 0 heterocycles. The zero-order chi connectivity index (χ0) is 12.1. The average molecular weight is 297 g/mol. The molecule has 1 saturated carbocycles. The normalized spacial score (nSPS) is 16.3. The topological polar surface area (TPSA) is 26.3 Å². The molecule has 2 rings (SSSR count). The highest BCUT2D eigenvalue weighted by atomic mass is 79.9. The van der Waals surface area contributed by atoms with Gasteiger partial charge in [0.25, 0.3) is 0 Å². The van der Waals surface area contributed by atoms with Crippen molar-refractivity contribution in [3.8, 4) is 0 Å². The van der Waals surface area contributed by atoms with Crippen molar-refractivity contribution in [3.63, 3.8) is 0 Å². The molecule has 0 atom stereocenters. The van der Waals surface area contributed by atoms with Crippen molar-refractivity contribution >= 4 is 21.7 Å². The van der Waals surface area contributed by atoms with Gasteiger partial charge in [0.2, 0.25) is 0 Å². The minimum Gasteiger partial charge on any atom is -0.369 e. The van der Waals surface area contributed by atoms with Gasteiger partial charge in [0.05, 0.1) is 6.61 Å². The molecule has 0 unspecified atom stereocenters. The molecule has 0 spiro atoms. The fraction of sp³-hybridized carbons (Fsp3) is 0.500.